The van der Waals surface area contributed by atoms with Crippen LogP contribution in [0.4, 0.5) is 0 Å². The number of esters is 1. The first-order valence-corrected chi connectivity index (χ1v) is 9.40. The van der Waals surface area contributed by atoms with Gasteiger partial charge in [0, 0.05) is 10.6 Å². The van der Waals surface area contributed by atoms with Crippen molar-refractivity contribution in [3.8, 4) is 11.5 Å². The van der Waals surface area contributed by atoms with E-state index in [2.05, 4.69) is 10.5 Å². The summed E-state index contributed by atoms with van der Waals surface area (Å²) in [4.78, 5) is 24.4. The summed E-state index contributed by atoms with van der Waals surface area (Å²) < 4.78 is 10.7. The molecule has 0 unspecified atom stereocenters. The molecule has 30 heavy (non-hydrogen) atoms. The highest BCUT2D eigenvalue weighted by Gasteiger charge is 2.12. The molecule has 0 aliphatic carbocycles. The summed E-state index contributed by atoms with van der Waals surface area (Å²) >= 11 is 5.81. The maximum Gasteiger partial charge on any atom is 0.343 e. The summed E-state index contributed by atoms with van der Waals surface area (Å²) in [6.07, 6.45) is 1.46. The van der Waals surface area contributed by atoms with Crippen LogP contribution in [0, 0.1) is 6.92 Å². The monoisotopic (exact) mass is 422 g/mol. The van der Waals surface area contributed by atoms with Crippen molar-refractivity contribution < 1.29 is 19.1 Å². The van der Waals surface area contributed by atoms with Crippen molar-refractivity contribution in [3.05, 3.63) is 94.0 Å². The fourth-order valence-corrected chi connectivity index (χ4v) is 2.65. The highest BCUT2D eigenvalue weighted by atomic mass is 35.5. The molecule has 3 aromatic rings. The lowest BCUT2D eigenvalue weighted by Crippen LogP contribution is -2.17. The fourth-order valence-electron chi connectivity index (χ4n) is 2.53. The molecule has 0 aliphatic heterocycles. The van der Waals surface area contributed by atoms with Gasteiger partial charge in [0.25, 0.3) is 5.91 Å². The van der Waals surface area contributed by atoms with Gasteiger partial charge in [-0.15, -0.1) is 0 Å². The Morgan fingerprint density at radius 2 is 1.60 bits per heavy atom. The Hall–Kier alpha value is -3.64. The number of aryl methyl sites for hydroxylation is 1. The molecular weight excluding hydrogens is 404 g/mol. The standard InChI is InChI=1S/C23H19ClN2O4/c1-15-3-6-18(7-4-15)23(28)30-20-12-5-16(13-21(20)29-2)14-25-26-22(27)17-8-10-19(24)11-9-17/h3-14H,1-2H3,(H,26,27)/b25-14-. The zero-order valence-electron chi connectivity index (χ0n) is 16.4. The number of carbonyl (C=O) groups is 2. The van der Waals surface area contributed by atoms with Crippen molar-refractivity contribution in [1.82, 2.24) is 5.43 Å². The Morgan fingerprint density at radius 3 is 2.27 bits per heavy atom. The predicted molar refractivity (Wildman–Crippen MR) is 116 cm³/mol. The Kier molecular flexibility index (Phi) is 6.83. The zero-order valence-corrected chi connectivity index (χ0v) is 17.1. The van der Waals surface area contributed by atoms with E-state index in [-0.39, 0.29) is 11.7 Å². The van der Waals surface area contributed by atoms with Gasteiger partial charge in [0.2, 0.25) is 0 Å². The summed E-state index contributed by atoms with van der Waals surface area (Å²) in [5.41, 5.74) is 5.02. The number of ether oxygens (including phenoxy) is 2. The topological polar surface area (TPSA) is 77.0 Å². The van der Waals surface area contributed by atoms with Crippen molar-refractivity contribution >= 4 is 29.7 Å². The van der Waals surface area contributed by atoms with Crippen LogP contribution < -0.4 is 14.9 Å². The average Bonchev–Trinajstić information content (AvgIpc) is 2.75. The zero-order chi connectivity index (χ0) is 21.5. The van der Waals surface area contributed by atoms with Crippen LogP contribution in [0.1, 0.15) is 31.8 Å². The summed E-state index contributed by atoms with van der Waals surface area (Å²) in [6.45, 7) is 1.94. The smallest absolute Gasteiger partial charge is 0.343 e. The number of hydrogen-bond donors (Lipinski definition) is 1. The Balaban J connectivity index is 1.66. The molecule has 7 heteroatoms. The third kappa shape index (κ3) is 5.46. The number of halogens is 1. The highest BCUT2D eigenvalue weighted by Crippen LogP contribution is 2.28. The maximum absolute atomic E-state index is 12.3. The van der Waals surface area contributed by atoms with Gasteiger partial charge in [-0.25, -0.2) is 10.2 Å². The molecule has 0 bridgehead atoms. The normalized spacial score (nSPS) is 10.6. The van der Waals surface area contributed by atoms with Gasteiger partial charge in [-0.1, -0.05) is 29.3 Å². The van der Waals surface area contributed by atoms with Crippen molar-refractivity contribution in [2.24, 2.45) is 5.10 Å². The van der Waals surface area contributed by atoms with E-state index >= 15 is 0 Å². The molecule has 3 aromatic carbocycles. The second-order valence-electron chi connectivity index (χ2n) is 6.37. The number of carbonyl (C=O) groups excluding carboxylic acids is 2. The molecule has 152 valence electrons. The average molecular weight is 423 g/mol. The number of hydrogen-bond acceptors (Lipinski definition) is 5. The van der Waals surface area contributed by atoms with E-state index in [1.54, 1.807) is 54.6 Å². The van der Waals surface area contributed by atoms with E-state index in [4.69, 9.17) is 21.1 Å². The first-order chi connectivity index (χ1) is 14.5. The van der Waals surface area contributed by atoms with Crippen LogP contribution >= 0.6 is 11.6 Å². The third-order valence-electron chi connectivity index (χ3n) is 4.16. The van der Waals surface area contributed by atoms with Gasteiger partial charge < -0.3 is 9.47 Å². The number of methoxy groups -OCH3 is 1. The van der Waals surface area contributed by atoms with E-state index in [1.165, 1.54) is 13.3 Å². The molecule has 0 fully saturated rings. The minimum atomic E-state index is -0.482. The lowest BCUT2D eigenvalue weighted by atomic mass is 10.1. The van der Waals surface area contributed by atoms with Crippen molar-refractivity contribution in [2.75, 3.05) is 7.11 Å². The van der Waals surface area contributed by atoms with Crippen LogP contribution in [0.2, 0.25) is 5.02 Å². The van der Waals surface area contributed by atoms with E-state index in [1.807, 2.05) is 19.1 Å². The van der Waals surface area contributed by atoms with Crippen LogP contribution in [0.25, 0.3) is 0 Å². The second-order valence-corrected chi connectivity index (χ2v) is 6.81. The molecule has 0 atom stereocenters. The van der Waals surface area contributed by atoms with Crippen LogP contribution in [0.5, 0.6) is 11.5 Å². The molecule has 0 aliphatic rings. The van der Waals surface area contributed by atoms with Crippen molar-refractivity contribution in [3.63, 3.8) is 0 Å². The third-order valence-corrected chi connectivity index (χ3v) is 4.42. The van der Waals surface area contributed by atoms with Crippen molar-refractivity contribution in [1.29, 1.82) is 0 Å². The van der Waals surface area contributed by atoms with Crippen LogP contribution in [-0.4, -0.2) is 25.2 Å². The number of nitrogens with zero attached hydrogens (tertiary/aromatic N) is 1. The number of nitrogens with one attached hydrogen (secondary N) is 1. The van der Waals surface area contributed by atoms with Gasteiger partial charge in [-0.3, -0.25) is 4.79 Å². The predicted octanol–water partition coefficient (Wildman–Crippen LogP) is 4.64. The Bertz CT molecular complexity index is 1080. The van der Waals surface area contributed by atoms with E-state index in [0.29, 0.717) is 27.5 Å². The SMILES string of the molecule is COc1cc(/C=N\NC(=O)c2ccc(Cl)cc2)ccc1OC(=O)c1ccc(C)cc1. The van der Waals surface area contributed by atoms with E-state index in [9.17, 15) is 9.59 Å². The van der Waals surface area contributed by atoms with Crippen molar-refractivity contribution in [2.45, 2.75) is 6.92 Å². The fraction of sp³-hybridized carbons (Fsp3) is 0.0870. The molecule has 6 nitrogen and oxygen atoms in total. The summed E-state index contributed by atoms with van der Waals surface area (Å²) in [7, 11) is 1.47. The number of benzene rings is 3. The molecule has 0 heterocycles. The Morgan fingerprint density at radius 1 is 0.933 bits per heavy atom. The van der Waals surface area contributed by atoms with Gasteiger partial charge in [-0.05, 0) is 67.1 Å². The van der Waals surface area contributed by atoms with Crippen LogP contribution in [0.3, 0.4) is 0 Å². The minimum absolute atomic E-state index is 0.283. The Labute approximate surface area is 179 Å². The molecule has 0 spiro atoms. The molecule has 1 amide bonds. The lowest BCUT2D eigenvalue weighted by Gasteiger charge is -2.10. The van der Waals surface area contributed by atoms with Gasteiger partial charge >= 0.3 is 5.97 Å². The van der Waals surface area contributed by atoms with E-state index < -0.39 is 5.97 Å². The highest BCUT2D eigenvalue weighted by molar-refractivity contribution is 6.30. The number of rotatable bonds is 6. The van der Waals surface area contributed by atoms with Gasteiger partial charge in [0.15, 0.2) is 11.5 Å². The summed E-state index contributed by atoms with van der Waals surface area (Å²) in [5, 5.41) is 4.49. The van der Waals surface area contributed by atoms with Crippen LogP contribution in [0.15, 0.2) is 71.8 Å². The van der Waals surface area contributed by atoms with Gasteiger partial charge in [0.1, 0.15) is 0 Å². The summed E-state index contributed by atoms with van der Waals surface area (Å²) in [5.74, 6) is -0.197. The maximum atomic E-state index is 12.3. The number of hydrazone groups is 1. The van der Waals surface area contributed by atoms with E-state index in [0.717, 1.165) is 5.56 Å². The quantitative estimate of drug-likeness (QED) is 0.272. The molecule has 3 rings (SSSR count). The first kappa shape index (κ1) is 21.1. The molecule has 0 aromatic heterocycles. The van der Waals surface area contributed by atoms with Gasteiger partial charge in [0.05, 0.1) is 18.9 Å². The minimum Gasteiger partial charge on any atom is -0.493 e. The molecule has 0 radical (unpaired) electrons. The van der Waals surface area contributed by atoms with Crippen LogP contribution in [-0.2, 0) is 0 Å². The summed E-state index contributed by atoms with van der Waals surface area (Å²) in [6, 6.07) is 18.5. The molecule has 1 N–H and O–H groups in total. The van der Waals surface area contributed by atoms with Gasteiger partial charge in [-0.2, -0.15) is 5.10 Å². The largest absolute Gasteiger partial charge is 0.493 e. The molecule has 0 saturated heterocycles. The molecule has 0 saturated carbocycles. The lowest BCUT2D eigenvalue weighted by molar-refractivity contribution is 0.0729. The first-order valence-electron chi connectivity index (χ1n) is 9.02. The molecular formula is C23H19ClN2O4. The number of amides is 1. The second kappa shape index (κ2) is 9.71.